The highest BCUT2D eigenvalue weighted by Gasteiger charge is 2.29. The van der Waals surface area contributed by atoms with Gasteiger partial charge < -0.3 is 14.5 Å². The van der Waals surface area contributed by atoms with E-state index >= 15 is 0 Å². The number of nitrogens with zero attached hydrogens (tertiary/aromatic N) is 1. The minimum atomic E-state index is -0.0389. The first kappa shape index (κ1) is 14.7. The predicted molar refractivity (Wildman–Crippen MR) is 83.9 cm³/mol. The Hall–Kier alpha value is -2.27. The van der Waals surface area contributed by atoms with Crippen molar-refractivity contribution in [3.05, 3.63) is 48.4 Å². The molecule has 5 nitrogen and oxygen atoms in total. The van der Waals surface area contributed by atoms with E-state index in [9.17, 15) is 4.79 Å². The molecule has 1 aliphatic rings. The summed E-state index contributed by atoms with van der Waals surface area (Å²) in [5.41, 5.74) is 0.698. The van der Waals surface area contributed by atoms with Crippen molar-refractivity contribution in [3.8, 4) is 5.75 Å². The topological polar surface area (TPSA) is 54.7 Å². The Kier molecular flexibility index (Phi) is 4.44. The van der Waals surface area contributed by atoms with Gasteiger partial charge in [0.05, 0.1) is 31.6 Å². The number of carbonyl (C=O) groups is 1. The van der Waals surface area contributed by atoms with Crippen molar-refractivity contribution in [1.29, 1.82) is 0 Å². The number of methoxy groups -OCH3 is 1. The fraction of sp³-hybridized carbons (Fsp3) is 0.353. The summed E-state index contributed by atoms with van der Waals surface area (Å²) < 4.78 is 10.7. The van der Waals surface area contributed by atoms with E-state index in [4.69, 9.17) is 9.15 Å². The smallest absolute Gasteiger partial charge is 0.238 e. The molecule has 0 saturated carbocycles. The maximum atomic E-state index is 12.3. The summed E-state index contributed by atoms with van der Waals surface area (Å²) in [5.74, 6) is 1.56. The minimum absolute atomic E-state index is 0.0389. The number of rotatable bonds is 5. The predicted octanol–water partition coefficient (Wildman–Crippen LogP) is 3.06. The zero-order chi connectivity index (χ0) is 15.4. The van der Waals surface area contributed by atoms with Crippen LogP contribution in [0.3, 0.4) is 0 Å². The second kappa shape index (κ2) is 6.66. The van der Waals surface area contributed by atoms with Gasteiger partial charge in [0.2, 0.25) is 5.91 Å². The monoisotopic (exact) mass is 300 g/mol. The molecule has 1 aliphatic heterocycles. The van der Waals surface area contributed by atoms with Gasteiger partial charge in [0.15, 0.2) is 0 Å². The lowest BCUT2D eigenvalue weighted by atomic mass is 10.1. The molecule has 0 spiro atoms. The van der Waals surface area contributed by atoms with Gasteiger partial charge >= 0.3 is 0 Å². The van der Waals surface area contributed by atoms with E-state index in [0.29, 0.717) is 18.0 Å². The van der Waals surface area contributed by atoms with Crippen molar-refractivity contribution in [2.75, 3.05) is 25.5 Å². The third kappa shape index (κ3) is 3.14. The molecular formula is C17H20N2O3. The number of furan rings is 1. The zero-order valence-corrected chi connectivity index (χ0v) is 12.6. The van der Waals surface area contributed by atoms with Crippen LogP contribution in [-0.4, -0.2) is 31.0 Å². The van der Waals surface area contributed by atoms with E-state index in [-0.39, 0.29) is 11.9 Å². The third-order valence-electron chi connectivity index (χ3n) is 3.96. The molecule has 1 fully saturated rings. The molecule has 1 aromatic heterocycles. The van der Waals surface area contributed by atoms with Crippen LogP contribution in [0.25, 0.3) is 0 Å². The van der Waals surface area contributed by atoms with Crippen molar-refractivity contribution < 1.29 is 13.9 Å². The molecule has 0 radical (unpaired) electrons. The van der Waals surface area contributed by atoms with Gasteiger partial charge in [-0.3, -0.25) is 9.69 Å². The molecule has 2 aromatic rings. The van der Waals surface area contributed by atoms with Crippen LogP contribution in [-0.2, 0) is 4.79 Å². The highest BCUT2D eigenvalue weighted by molar-refractivity contribution is 5.93. The van der Waals surface area contributed by atoms with Crippen molar-refractivity contribution in [2.45, 2.75) is 18.9 Å². The number of anilines is 1. The van der Waals surface area contributed by atoms with Crippen LogP contribution < -0.4 is 10.1 Å². The van der Waals surface area contributed by atoms with E-state index < -0.39 is 0 Å². The molecule has 5 heteroatoms. The van der Waals surface area contributed by atoms with Crippen LogP contribution >= 0.6 is 0 Å². The highest BCUT2D eigenvalue weighted by atomic mass is 16.5. The Balaban J connectivity index is 1.64. The quantitative estimate of drug-likeness (QED) is 0.922. The Labute approximate surface area is 129 Å². The molecule has 2 heterocycles. The van der Waals surface area contributed by atoms with Crippen molar-refractivity contribution in [1.82, 2.24) is 4.90 Å². The molecular weight excluding hydrogens is 280 g/mol. The number of amides is 1. The lowest BCUT2D eigenvalue weighted by Crippen LogP contribution is -2.32. The second-order valence-corrected chi connectivity index (χ2v) is 5.39. The fourth-order valence-corrected chi connectivity index (χ4v) is 2.94. The maximum absolute atomic E-state index is 12.3. The van der Waals surface area contributed by atoms with Crippen LogP contribution in [0.2, 0.25) is 0 Å². The van der Waals surface area contributed by atoms with Crippen LogP contribution in [0.1, 0.15) is 24.6 Å². The molecule has 0 unspecified atom stereocenters. The van der Waals surface area contributed by atoms with Gasteiger partial charge in [-0.1, -0.05) is 12.1 Å². The molecule has 1 amide bonds. The van der Waals surface area contributed by atoms with Gasteiger partial charge in [-0.15, -0.1) is 0 Å². The van der Waals surface area contributed by atoms with Crippen LogP contribution in [0.4, 0.5) is 5.69 Å². The summed E-state index contributed by atoms with van der Waals surface area (Å²) in [4.78, 5) is 14.5. The summed E-state index contributed by atoms with van der Waals surface area (Å²) >= 11 is 0. The normalized spacial score (nSPS) is 18.3. The average Bonchev–Trinajstić information content (AvgIpc) is 3.18. The summed E-state index contributed by atoms with van der Waals surface area (Å²) in [5, 5.41) is 2.92. The standard InChI is InChI=1S/C17H20N2O3/c1-21-15-8-3-2-6-13(15)18-17(20)12-19-10-4-7-14(19)16-9-5-11-22-16/h2-3,5-6,8-9,11,14H,4,7,10,12H2,1H3,(H,18,20)/t14-/m0/s1. The van der Waals surface area contributed by atoms with Gasteiger partial charge in [-0.05, 0) is 43.7 Å². The first-order chi connectivity index (χ1) is 10.8. The summed E-state index contributed by atoms with van der Waals surface area (Å²) in [6, 6.07) is 11.5. The van der Waals surface area contributed by atoms with E-state index in [1.54, 1.807) is 13.4 Å². The number of para-hydroxylation sites is 2. The lowest BCUT2D eigenvalue weighted by Gasteiger charge is -2.22. The van der Waals surface area contributed by atoms with Crippen molar-refractivity contribution in [3.63, 3.8) is 0 Å². The molecule has 0 aliphatic carbocycles. The molecule has 1 N–H and O–H groups in total. The molecule has 1 atom stereocenters. The van der Waals surface area contributed by atoms with Gasteiger partial charge in [0, 0.05) is 0 Å². The largest absolute Gasteiger partial charge is 0.495 e. The van der Waals surface area contributed by atoms with Gasteiger partial charge in [-0.2, -0.15) is 0 Å². The van der Waals surface area contributed by atoms with Crippen molar-refractivity contribution in [2.24, 2.45) is 0 Å². The van der Waals surface area contributed by atoms with Gasteiger partial charge in [0.1, 0.15) is 11.5 Å². The van der Waals surface area contributed by atoms with E-state index in [2.05, 4.69) is 10.2 Å². The SMILES string of the molecule is COc1ccccc1NC(=O)CN1CCC[C@H]1c1ccco1. The molecule has 116 valence electrons. The van der Waals surface area contributed by atoms with E-state index in [1.807, 2.05) is 36.4 Å². The summed E-state index contributed by atoms with van der Waals surface area (Å²) in [7, 11) is 1.60. The number of hydrogen-bond donors (Lipinski definition) is 1. The first-order valence-electron chi connectivity index (χ1n) is 7.48. The van der Waals surface area contributed by atoms with Crippen LogP contribution in [0, 0.1) is 0 Å². The zero-order valence-electron chi connectivity index (χ0n) is 12.6. The Morgan fingerprint density at radius 1 is 1.36 bits per heavy atom. The molecule has 1 saturated heterocycles. The maximum Gasteiger partial charge on any atom is 0.238 e. The summed E-state index contributed by atoms with van der Waals surface area (Å²) in [6.45, 7) is 1.26. The number of ether oxygens (including phenoxy) is 1. The third-order valence-corrected chi connectivity index (χ3v) is 3.96. The molecule has 1 aromatic carbocycles. The Morgan fingerprint density at radius 2 is 2.23 bits per heavy atom. The Morgan fingerprint density at radius 3 is 3.00 bits per heavy atom. The Bertz CT molecular complexity index is 625. The first-order valence-corrected chi connectivity index (χ1v) is 7.48. The number of hydrogen-bond acceptors (Lipinski definition) is 4. The highest BCUT2D eigenvalue weighted by Crippen LogP contribution is 2.32. The van der Waals surface area contributed by atoms with Gasteiger partial charge in [-0.25, -0.2) is 0 Å². The van der Waals surface area contributed by atoms with Crippen LogP contribution in [0.5, 0.6) is 5.75 Å². The van der Waals surface area contributed by atoms with E-state index in [1.165, 1.54) is 0 Å². The molecule has 0 bridgehead atoms. The molecule has 3 rings (SSSR count). The van der Waals surface area contributed by atoms with Crippen molar-refractivity contribution >= 4 is 11.6 Å². The molecule has 22 heavy (non-hydrogen) atoms. The summed E-state index contributed by atoms with van der Waals surface area (Å²) in [6.07, 6.45) is 3.78. The minimum Gasteiger partial charge on any atom is -0.495 e. The van der Waals surface area contributed by atoms with E-state index in [0.717, 1.165) is 25.1 Å². The van der Waals surface area contributed by atoms with Crippen LogP contribution in [0.15, 0.2) is 47.1 Å². The lowest BCUT2D eigenvalue weighted by molar-refractivity contribution is -0.117. The number of carbonyl (C=O) groups excluding carboxylic acids is 1. The second-order valence-electron chi connectivity index (χ2n) is 5.39. The number of likely N-dealkylation sites (tertiary alicyclic amines) is 1. The van der Waals surface area contributed by atoms with Gasteiger partial charge in [0.25, 0.3) is 0 Å². The number of benzene rings is 1. The fourth-order valence-electron chi connectivity index (χ4n) is 2.94. The average molecular weight is 300 g/mol. The number of nitrogens with one attached hydrogen (secondary N) is 1.